The predicted octanol–water partition coefficient (Wildman–Crippen LogP) is 4.91. The van der Waals surface area contributed by atoms with Gasteiger partial charge in [-0.05, 0) is 19.8 Å². The van der Waals surface area contributed by atoms with Gasteiger partial charge in [-0.3, -0.25) is 4.79 Å². The van der Waals surface area contributed by atoms with Crippen LogP contribution in [0.25, 0.3) is 22.6 Å². The van der Waals surface area contributed by atoms with Crippen LogP contribution in [0, 0.1) is 0 Å². The van der Waals surface area contributed by atoms with Gasteiger partial charge in [0, 0.05) is 23.2 Å². The fraction of sp³-hybridized carbons (Fsp3) is 0.360. The molecule has 33 heavy (non-hydrogen) atoms. The first-order valence-electron chi connectivity index (χ1n) is 11.1. The second kappa shape index (κ2) is 10.1. The molecule has 2 aromatic carbocycles. The van der Waals surface area contributed by atoms with E-state index in [1.165, 1.54) is 11.8 Å². The van der Waals surface area contributed by atoms with E-state index >= 15 is 0 Å². The molecule has 8 heteroatoms. The Morgan fingerprint density at radius 3 is 2.33 bits per heavy atom. The number of hydrogen-bond donors (Lipinski definition) is 0. The average molecular weight is 485 g/mol. The van der Waals surface area contributed by atoms with Gasteiger partial charge < -0.3 is 9.32 Å². The molecule has 0 bridgehead atoms. The Kier molecular flexibility index (Phi) is 7.24. The van der Waals surface area contributed by atoms with Crippen LogP contribution in [0.15, 0.2) is 70.3 Å². The number of benzene rings is 2. The smallest absolute Gasteiger partial charge is 0.257 e. The Hall–Kier alpha value is -2.58. The Balaban J connectivity index is 1.56. The highest BCUT2D eigenvalue weighted by molar-refractivity contribution is 7.99. The summed E-state index contributed by atoms with van der Waals surface area (Å²) in [4.78, 5) is 19.7. The highest BCUT2D eigenvalue weighted by Crippen LogP contribution is 2.35. The van der Waals surface area contributed by atoms with E-state index in [1.807, 2.05) is 74.5 Å². The highest BCUT2D eigenvalue weighted by Gasteiger charge is 2.36. The second-order valence-electron chi connectivity index (χ2n) is 8.29. The molecular weight excluding hydrogens is 456 g/mol. The van der Waals surface area contributed by atoms with E-state index < -0.39 is 9.84 Å². The Labute approximate surface area is 199 Å². The zero-order valence-corrected chi connectivity index (χ0v) is 20.4. The molecule has 0 spiro atoms. The zero-order valence-electron chi connectivity index (χ0n) is 18.8. The molecule has 2 unspecified atom stereocenters. The third-order valence-corrected chi connectivity index (χ3v) is 8.53. The van der Waals surface area contributed by atoms with Crippen molar-refractivity contribution < 1.29 is 17.6 Å². The average Bonchev–Trinajstić information content (AvgIpc) is 3.42. The van der Waals surface area contributed by atoms with Gasteiger partial charge >= 0.3 is 0 Å². The summed E-state index contributed by atoms with van der Waals surface area (Å²) in [7, 11) is -3.08. The number of oxazole rings is 1. The lowest BCUT2D eigenvalue weighted by Crippen LogP contribution is -2.47. The molecule has 174 valence electrons. The SMILES string of the molecule is CCC(C)N(C(=O)CSc1nc(-c2ccccc2)c(-c2ccccc2)o1)C1CCS(=O)(=O)C1. The minimum atomic E-state index is -3.08. The van der Waals surface area contributed by atoms with Crippen molar-refractivity contribution in [3.8, 4) is 22.6 Å². The van der Waals surface area contributed by atoms with Crippen molar-refractivity contribution in [2.45, 2.75) is 44.0 Å². The van der Waals surface area contributed by atoms with Crippen LogP contribution in [0.2, 0.25) is 0 Å². The molecule has 0 N–H and O–H groups in total. The van der Waals surface area contributed by atoms with Crippen LogP contribution in [0.4, 0.5) is 0 Å². The van der Waals surface area contributed by atoms with Crippen molar-refractivity contribution in [1.82, 2.24) is 9.88 Å². The maximum absolute atomic E-state index is 13.2. The number of carbonyl (C=O) groups excluding carboxylic acids is 1. The zero-order chi connectivity index (χ0) is 23.4. The van der Waals surface area contributed by atoms with Crippen molar-refractivity contribution in [2.75, 3.05) is 17.3 Å². The van der Waals surface area contributed by atoms with Gasteiger partial charge in [0.15, 0.2) is 15.6 Å². The van der Waals surface area contributed by atoms with E-state index in [2.05, 4.69) is 0 Å². The van der Waals surface area contributed by atoms with Crippen LogP contribution in [-0.4, -0.2) is 53.6 Å². The summed E-state index contributed by atoms with van der Waals surface area (Å²) < 4.78 is 30.1. The summed E-state index contributed by atoms with van der Waals surface area (Å²) in [6.45, 7) is 3.98. The molecule has 1 aliphatic rings. The van der Waals surface area contributed by atoms with Gasteiger partial charge in [0.1, 0.15) is 5.69 Å². The molecule has 1 fully saturated rings. The van der Waals surface area contributed by atoms with Gasteiger partial charge in [0.2, 0.25) is 5.91 Å². The molecular formula is C25H28N2O4S2. The minimum absolute atomic E-state index is 0.0271. The van der Waals surface area contributed by atoms with Crippen molar-refractivity contribution in [2.24, 2.45) is 0 Å². The number of aromatic nitrogens is 1. The van der Waals surface area contributed by atoms with Crippen LogP contribution in [0.3, 0.4) is 0 Å². The number of hydrogen-bond acceptors (Lipinski definition) is 6. The molecule has 1 aliphatic heterocycles. The Morgan fingerprint density at radius 2 is 1.76 bits per heavy atom. The minimum Gasteiger partial charge on any atom is -0.431 e. The maximum Gasteiger partial charge on any atom is 0.257 e. The van der Waals surface area contributed by atoms with E-state index in [0.717, 1.165) is 23.2 Å². The molecule has 2 heterocycles. The van der Waals surface area contributed by atoms with Crippen molar-refractivity contribution in [3.63, 3.8) is 0 Å². The van der Waals surface area contributed by atoms with Gasteiger partial charge in [0.25, 0.3) is 5.22 Å². The number of rotatable bonds is 8. The summed E-state index contributed by atoms with van der Waals surface area (Å²) in [5, 5.41) is 0.421. The predicted molar refractivity (Wildman–Crippen MR) is 132 cm³/mol. The van der Waals surface area contributed by atoms with E-state index in [1.54, 1.807) is 4.90 Å². The molecule has 2 atom stereocenters. The number of thioether (sulfide) groups is 1. The van der Waals surface area contributed by atoms with Crippen LogP contribution < -0.4 is 0 Å². The van der Waals surface area contributed by atoms with E-state index in [0.29, 0.717) is 17.4 Å². The second-order valence-corrected chi connectivity index (χ2v) is 11.4. The van der Waals surface area contributed by atoms with Gasteiger partial charge in [-0.25, -0.2) is 13.4 Å². The summed E-state index contributed by atoms with van der Waals surface area (Å²) in [6.07, 6.45) is 1.26. The normalized spacial score (nSPS) is 18.2. The molecule has 0 radical (unpaired) electrons. The van der Waals surface area contributed by atoms with Crippen molar-refractivity contribution >= 4 is 27.5 Å². The molecule has 1 saturated heterocycles. The standard InChI is InChI=1S/C25H28N2O4S2/c1-3-18(2)27(21-14-15-33(29,30)17-21)22(28)16-32-25-26-23(19-10-6-4-7-11-19)24(31-25)20-12-8-5-9-13-20/h4-13,18,21H,3,14-17H2,1-2H3. The summed E-state index contributed by atoms with van der Waals surface area (Å²) in [5.41, 5.74) is 2.59. The molecule has 0 aliphatic carbocycles. The molecule has 1 aromatic heterocycles. The lowest BCUT2D eigenvalue weighted by molar-refractivity contribution is -0.132. The molecule has 1 amide bonds. The first-order valence-corrected chi connectivity index (χ1v) is 13.9. The summed E-state index contributed by atoms with van der Waals surface area (Å²) >= 11 is 1.25. The Bertz CT molecular complexity index is 1140. The maximum atomic E-state index is 13.2. The number of nitrogens with zero attached hydrogens (tertiary/aromatic N) is 2. The number of amides is 1. The lowest BCUT2D eigenvalue weighted by Gasteiger charge is -2.33. The van der Waals surface area contributed by atoms with Gasteiger partial charge in [-0.15, -0.1) is 0 Å². The third-order valence-electron chi connectivity index (χ3n) is 5.97. The largest absolute Gasteiger partial charge is 0.431 e. The highest BCUT2D eigenvalue weighted by atomic mass is 32.2. The number of carbonyl (C=O) groups is 1. The summed E-state index contributed by atoms with van der Waals surface area (Å²) in [6, 6.07) is 19.3. The van der Waals surface area contributed by atoms with Crippen LogP contribution in [-0.2, 0) is 14.6 Å². The summed E-state index contributed by atoms with van der Waals surface area (Å²) in [5.74, 6) is 0.910. The van der Waals surface area contributed by atoms with E-state index in [9.17, 15) is 13.2 Å². The lowest BCUT2D eigenvalue weighted by atomic mass is 10.1. The van der Waals surface area contributed by atoms with Crippen molar-refractivity contribution in [3.05, 3.63) is 60.7 Å². The van der Waals surface area contributed by atoms with Crippen LogP contribution in [0.5, 0.6) is 0 Å². The molecule has 0 saturated carbocycles. The van der Waals surface area contributed by atoms with E-state index in [4.69, 9.17) is 9.40 Å². The third kappa shape index (κ3) is 5.50. The molecule has 6 nitrogen and oxygen atoms in total. The molecule has 3 aromatic rings. The number of sulfone groups is 1. The van der Waals surface area contributed by atoms with Gasteiger partial charge in [-0.2, -0.15) is 0 Å². The fourth-order valence-corrected chi connectivity index (χ4v) is 6.54. The first kappa shape index (κ1) is 23.6. The van der Waals surface area contributed by atoms with Gasteiger partial charge in [-0.1, -0.05) is 79.3 Å². The molecule has 4 rings (SSSR count). The van der Waals surface area contributed by atoms with Crippen LogP contribution >= 0.6 is 11.8 Å². The Morgan fingerprint density at radius 1 is 1.12 bits per heavy atom. The van der Waals surface area contributed by atoms with Crippen molar-refractivity contribution in [1.29, 1.82) is 0 Å². The first-order chi connectivity index (χ1) is 15.9. The van der Waals surface area contributed by atoms with Gasteiger partial charge in [0.05, 0.1) is 17.3 Å². The fourth-order valence-electron chi connectivity index (χ4n) is 4.14. The monoisotopic (exact) mass is 484 g/mol. The van der Waals surface area contributed by atoms with Crippen LogP contribution in [0.1, 0.15) is 26.7 Å². The van der Waals surface area contributed by atoms with E-state index in [-0.39, 0.29) is 35.2 Å². The quantitative estimate of drug-likeness (QED) is 0.423. The topological polar surface area (TPSA) is 80.5 Å².